The Hall–Kier alpha value is -0.650. The van der Waals surface area contributed by atoms with Gasteiger partial charge in [0.1, 0.15) is 0 Å². The van der Waals surface area contributed by atoms with Gasteiger partial charge < -0.3 is 11.1 Å². The van der Waals surface area contributed by atoms with E-state index in [1.54, 1.807) is 18.3 Å². The number of rotatable bonds is 4. The van der Waals surface area contributed by atoms with Crippen molar-refractivity contribution in [3.8, 4) is 0 Å². The number of nitrogens with two attached hydrogens (primary N) is 1. The van der Waals surface area contributed by atoms with Crippen LogP contribution in [0.2, 0.25) is 0 Å². The third-order valence-corrected chi connectivity index (χ3v) is 4.93. The number of aromatic nitrogens is 1. The second kappa shape index (κ2) is 8.11. The van der Waals surface area contributed by atoms with Gasteiger partial charge in [-0.2, -0.15) is 0 Å². The Bertz CT molecular complexity index is 448. The maximum atomic E-state index is 12.2. The Morgan fingerprint density at radius 2 is 2.00 bits per heavy atom. The van der Waals surface area contributed by atoms with Gasteiger partial charge in [0.05, 0.1) is 11.2 Å². The molecular weight excluding hydrogens is 306 g/mol. The summed E-state index contributed by atoms with van der Waals surface area (Å²) in [4.78, 5) is 18.1. The second-order valence-corrected chi connectivity index (χ2v) is 7.01. The zero-order valence-corrected chi connectivity index (χ0v) is 14.5. The first-order valence-corrected chi connectivity index (χ1v) is 8.43. The van der Waals surface area contributed by atoms with E-state index >= 15 is 0 Å². The monoisotopic (exact) mass is 331 g/mol. The van der Waals surface area contributed by atoms with E-state index in [0.29, 0.717) is 6.42 Å². The van der Waals surface area contributed by atoms with Crippen molar-refractivity contribution >= 4 is 34.8 Å². The standard InChI is InChI=1S/C15H25N3OS.ClH/c1-3-10-15(2,16)13(19)18-14-17-11-8-6-4-5-7-9-12(11)20-14;/h3-10,16H2,1-2H3,(H,17,18,19);1H. The lowest BCUT2D eigenvalue weighted by molar-refractivity contribution is -0.120. The molecule has 2 rings (SSSR count). The zero-order valence-electron chi connectivity index (χ0n) is 12.9. The number of halogens is 1. The Kier molecular flexibility index (Phi) is 7.10. The minimum Gasteiger partial charge on any atom is -0.318 e. The molecule has 1 unspecified atom stereocenters. The highest BCUT2D eigenvalue weighted by molar-refractivity contribution is 7.15. The average Bonchev–Trinajstić information content (AvgIpc) is 2.71. The molecule has 1 aromatic rings. The molecule has 0 saturated heterocycles. The first-order valence-electron chi connectivity index (χ1n) is 7.62. The lowest BCUT2D eigenvalue weighted by Crippen LogP contribution is -2.48. The van der Waals surface area contributed by atoms with Crippen molar-refractivity contribution in [3.63, 3.8) is 0 Å². The number of nitrogens with one attached hydrogen (secondary N) is 1. The van der Waals surface area contributed by atoms with Crippen LogP contribution in [0.3, 0.4) is 0 Å². The topological polar surface area (TPSA) is 68.0 Å². The highest BCUT2D eigenvalue weighted by atomic mass is 35.5. The summed E-state index contributed by atoms with van der Waals surface area (Å²) in [6.07, 6.45) is 8.74. The summed E-state index contributed by atoms with van der Waals surface area (Å²) in [5.41, 5.74) is 6.42. The first-order chi connectivity index (χ1) is 9.53. The maximum Gasteiger partial charge on any atom is 0.245 e. The Labute approximate surface area is 137 Å². The molecule has 3 N–H and O–H groups in total. The van der Waals surface area contributed by atoms with E-state index in [1.165, 1.54) is 36.3 Å². The average molecular weight is 332 g/mol. The van der Waals surface area contributed by atoms with Crippen molar-refractivity contribution in [2.45, 2.75) is 70.8 Å². The van der Waals surface area contributed by atoms with Crippen LogP contribution in [0.4, 0.5) is 5.13 Å². The number of amides is 1. The molecule has 1 aliphatic rings. The molecule has 6 heteroatoms. The van der Waals surface area contributed by atoms with Crippen LogP contribution in [0.25, 0.3) is 0 Å². The second-order valence-electron chi connectivity index (χ2n) is 5.92. The predicted molar refractivity (Wildman–Crippen MR) is 91.4 cm³/mol. The molecule has 0 saturated carbocycles. The lowest BCUT2D eigenvalue weighted by atomic mass is 9.97. The van der Waals surface area contributed by atoms with Gasteiger partial charge in [0.25, 0.3) is 0 Å². The number of nitrogens with zero attached hydrogens (tertiary/aromatic N) is 1. The van der Waals surface area contributed by atoms with Crippen molar-refractivity contribution in [1.29, 1.82) is 0 Å². The quantitative estimate of drug-likeness (QED) is 0.884. The van der Waals surface area contributed by atoms with Gasteiger partial charge in [-0.3, -0.25) is 4.79 Å². The molecular formula is C15H26ClN3OS. The largest absolute Gasteiger partial charge is 0.318 e. The fourth-order valence-corrected chi connectivity index (χ4v) is 3.68. The van der Waals surface area contributed by atoms with Gasteiger partial charge in [0.15, 0.2) is 5.13 Å². The van der Waals surface area contributed by atoms with E-state index in [4.69, 9.17) is 5.73 Å². The molecule has 0 bridgehead atoms. The van der Waals surface area contributed by atoms with E-state index in [2.05, 4.69) is 10.3 Å². The van der Waals surface area contributed by atoms with Crippen LogP contribution < -0.4 is 11.1 Å². The van der Waals surface area contributed by atoms with E-state index in [-0.39, 0.29) is 18.3 Å². The molecule has 1 heterocycles. The van der Waals surface area contributed by atoms with Gasteiger partial charge >= 0.3 is 0 Å². The van der Waals surface area contributed by atoms with Gasteiger partial charge in [-0.1, -0.05) is 26.2 Å². The third kappa shape index (κ3) is 4.94. The van der Waals surface area contributed by atoms with Crippen molar-refractivity contribution in [1.82, 2.24) is 4.98 Å². The summed E-state index contributed by atoms with van der Waals surface area (Å²) in [5, 5.41) is 3.63. The number of fused-ring (bicyclic) bond motifs is 1. The van der Waals surface area contributed by atoms with E-state index in [1.807, 2.05) is 6.92 Å². The van der Waals surface area contributed by atoms with Crippen LogP contribution in [0.1, 0.15) is 62.9 Å². The summed E-state index contributed by atoms with van der Waals surface area (Å²) in [7, 11) is 0. The number of carbonyl (C=O) groups is 1. The van der Waals surface area contributed by atoms with Crippen LogP contribution in [0, 0.1) is 0 Å². The first kappa shape index (κ1) is 18.4. The summed E-state index contributed by atoms with van der Waals surface area (Å²) >= 11 is 1.62. The molecule has 21 heavy (non-hydrogen) atoms. The molecule has 0 radical (unpaired) electrons. The van der Waals surface area contributed by atoms with Gasteiger partial charge in [-0.25, -0.2) is 4.98 Å². The molecule has 0 fully saturated rings. The van der Waals surface area contributed by atoms with Crippen LogP contribution in [0.5, 0.6) is 0 Å². The van der Waals surface area contributed by atoms with E-state index in [0.717, 1.165) is 24.4 Å². The van der Waals surface area contributed by atoms with Crippen molar-refractivity contribution in [2.75, 3.05) is 5.32 Å². The summed E-state index contributed by atoms with van der Waals surface area (Å²) < 4.78 is 0. The maximum absolute atomic E-state index is 12.2. The minimum atomic E-state index is -0.811. The molecule has 120 valence electrons. The van der Waals surface area contributed by atoms with Crippen LogP contribution in [-0.2, 0) is 17.6 Å². The molecule has 0 aliphatic heterocycles. The minimum absolute atomic E-state index is 0. The highest BCUT2D eigenvalue weighted by Gasteiger charge is 2.28. The van der Waals surface area contributed by atoms with Crippen molar-refractivity contribution < 1.29 is 4.79 Å². The Morgan fingerprint density at radius 1 is 1.33 bits per heavy atom. The third-order valence-electron chi connectivity index (χ3n) is 3.85. The Morgan fingerprint density at radius 3 is 2.67 bits per heavy atom. The van der Waals surface area contributed by atoms with Gasteiger partial charge in [0, 0.05) is 4.88 Å². The smallest absolute Gasteiger partial charge is 0.245 e. The highest BCUT2D eigenvalue weighted by Crippen LogP contribution is 2.29. The Balaban J connectivity index is 0.00000220. The van der Waals surface area contributed by atoms with Gasteiger partial charge in [-0.15, -0.1) is 23.7 Å². The molecule has 4 nitrogen and oxygen atoms in total. The summed E-state index contributed by atoms with van der Waals surface area (Å²) in [6, 6.07) is 0. The molecule has 1 atom stereocenters. The molecule has 0 spiro atoms. The number of aryl methyl sites for hydroxylation is 2. The molecule has 1 amide bonds. The predicted octanol–water partition coefficient (Wildman–Crippen LogP) is 3.68. The molecule has 1 aliphatic carbocycles. The van der Waals surface area contributed by atoms with E-state index < -0.39 is 5.54 Å². The van der Waals surface area contributed by atoms with Crippen LogP contribution >= 0.6 is 23.7 Å². The van der Waals surface area contributed by atoms with Gasteiger partial charge in [0.2, 0.25) is 5.91 Å². The summed E-state index contributed by atoms with van der Waals surface area (Å²) in [5.74, 6) is -0.124. The number of carbonyl (C=O) groups excluding carboxylic acids is 1. The zero-order chi connectivity index (χ0) is 14.6. The van der Waals surface area contributed by atoms with Gasteiger partial charge in [-0.05, 0) is 39.0 Å². The molecule has 0 aromatic carbocycles. The normalized spacial score (nSPS) is 17.7. The summed E-state index contributed by atoms with van der Waals surface area (Å²) in [6.45, 7) is 3.82. The SMILES string of the molecule is CCCC(C)(N)C(=O)Nc1nc2c(s1)CCCCCC2.Cl. The number of hydrogen-bond acceptors (Lipinski definition) is 4. The lowest BCUT2D eigenvalue weighted by Gasteiger charge is -2.21. The molecule has 1 aromatic heterocycles. The van der Waals surface area contributed by atoms with Crippen molar-refractivity contribution in [3.05, 3.63) is 10.6 Å². The van der Waals surface area contributed by atoms with Crippen molar-refractivity contribution in [2.24, 2.45) is 5.73 Å². The van der Waals surface area contributed by atoms with Crippen LogP contribution in [-0.4, -0.2) is 16.4 Å². The van der Waals surface area contributed by atoms with E-state index in [9.17, 15) is 4.79 Å². The number of anilines is 1. The van der Waals surface area contributed by atoms with Crippen LogP contribution in [0.15, 0.2) is 0 Å². The number of hydrogen-bond donors (Lipinski definition) is 2. The fourth-order valence-electron chi connectivity index (χ4n) is 2.63. The number of thiazole rings is 1. The fraction of sp³-hybridized carbons (Fsp3) is 0.733.